The molecule has 0 spiro atoms. The van der Waals surface area contributed by atoms with Crippen molar-refractivity contribution in [2.24, 2.45) is 5.14 Å². The summed E-state index contributed by atoms with van der Waals surface area (Å²) in [5.74, 6) is -0.102. The van der Waals surface area contributed by atoms with Crippen LogP contribution in [-0.2, 0) is 20.8 Å². The predicted octanol–water partition coefficient (Wildman–Crippen LogP) is 0.122. The number of hydrogen-bond donors (Lipinski definition) is 2. The maximum absolute atomic E-state index is 11.9. The Hall–Kier alpha value is -1.19. The first kappa shape index (κ1) is 16.9. The number of sulfonamides is 1. The van der Waals surface area contributed by atoms with Crippen molar-refractivity contribution in [2.75, 3.05) is 12.0 Å². The Morgan fingerprint density at radius 2 is 2.15 bits per heavy atom. The summed E-state index contributed by atoms with van der Waals surface area (Å²) < 4.78 is 38.5. The van der Waals surface area contributed by atoms with Crippen LogP contribution in [0.15, 0.2) is 15.4 Å². The van der Waals surface area contributed by atoms with E-state index in [1.807, 2.05) is 0 Å². The minimum atomic E-state index is -3.91. The zero-order valence-electron chi connectivity index (χ0n) is 11.5. The first-order valence-corrected chi connectivity index (χ1v) is 9.12. The molecule has 1 aromatic heterocycles. The second-order valence-electron chi connectivity index (χ2n) is 4.52. The van der Waals surface area contributed by atoms with E-state index in [9.17, 15) is 17.4 Å². The van der Waals surface area contributed by atoms with E-state index in [0.29, 0.717) is 12.2 Å². The van der Waals surface area contributed by atoms with Crippen molar-refractivity contribution >= 4 is 26.7 Å². The molecule has 114 valence electrons. The van der Waals surface area contributed by atoms with Gasteiger partial charge in [0.1, 0.15) is 10.7 Å². The Balaban J connectivity index is 2.76. The molecule has 7 nitrogen and oxygen atoms in total. The van der Waals surface area contributed by atoms with E-state index < -0.39 is 26.7 Å². The van der Waals surface area contributed by atoms with Crippen molar-refractivity contribution in [3.05, 3.63) is 17.6 Å². The molecule has 0 aliphatic rings. The predicted molar refractivity (Wildman–Crippen MR) is 75.3 cm³/mol. The van der Waals surface area contributed by atoms with Crippen molar-refractivity contribution < 1.29 is 21.8 Å². The number of aryl methyl sites for hydroxylation is 1. The van der Waals surface area contributed by atoms with Crippen LogP contribution in [0.1, 0.15) is 29.7 Å². The fourth-order valence-electron chi connectivity index (χ4n) is 1.57. The fraction of sp³-hybridized carbons (Fsp3) is 0.545. The normalized spacial score (nSPS) is 14.8. The van der Waals surface area contributed by atoms with Gasteiger partial charge in [-0.3, -0.25) is 9.00 Å². The maximum Gasteiger partial charge on any atom is 0.287 e. The zero-order chi connectivity index (χ0) is 15.5. The van der Waals surface area contributed by atoms with E-state index in [2.05, 4.69) is 5.32 Å². The Bertz CT molecular complexity index is 621. The third-order valence-electron chi connectivity index (χ3n) is 2.62. The van der Waals surface area contributed by atoms with E-state index >= 15 is 0 Å². The van der Waals surface area contributed by atoms with Crippen LogP contribution >= 0.6 is 0 Å². The van der Waals surface area contributed by atoms with E-state index in [1.165, 1.54) is 6.92 Å². The average Bonchev–Trinajstić information content (AvgIpc) is 2.68. The largest absolute Gasteiger partial charge is 0.455 e. The fourth-order valence-corrected chi connectivity index (χ4v) is 2.97. The molecule has 1 aromatic rings. The molecule has 2 atom stereocenters. The molecule has 1 rings (SSSR count). The Kier molecular flexibility index (Phi) is 5.49. The van der Waals surface area contributed by atoms with Crippen LogP contribution < -0.4 is 10.5 Å². The van der Waals surface area contributed by atoms with Crippen LogP contribution in [0, 0.1) is 6.92 Å². The molecule has 3 N–H and O–H groups in total. The van der Waals surface area contributed by atoms with Gasteiger partial charge >= 0.3 is 0 Å². The Labute approximate surface area is 120 Å². The van der Waals surface area contributed by atoms with Crippen molar-refractivity contribution in [1.82, 2.24) is 5.32 Å². The van der Waals surface area contributed by atoms with Gasteiger partial charge in [-0.2, -0.15) is 0 Å². The first-order valence-electron chi connectivity index (χ1n) is 5.85. The topological polar surface area (TPSA) is 119 Å². The lowest BCUT2D eigenvalue weighted by molar-refractivity contribution is 0.0910. The quantitative estimate of drug-likeness (QED) is 0.771. The molecule has 1 amide bonds. The van der Waals surface area contributed by atoms with Gasteiger partial charge in [0.2, 0.25) is 10.0 Å². The van der Waals surface area contributed by atoms with Gasteiger partial charge in [0.15, 0.2) is 5.76 Å². The summed E-state index contributed by atoms with van der Waals surface area (Å²) in [6, 6.07) is 0.903. The SMILES string of the molecule is Cc1oc(C(=O)NC(C)CCS(C)=O)cc1S(N)(=O)=O. The van der Waals surface area contributed by atoms with Gasteiger partial charge in [0, 0.05) is 34.9 Å². The van der Waals surface area contributed by atoms with E-state index in [1.54, 1.807) is 13.2 Å². The summed E-state index contributed by atoms with van der Waals surface area (Å²) in [6.45, 7) is 3.18. The standard InChI is InChI=1S/C11H18N2O5S2/c1-7(4-5-19(3)15)13-11(14)9-6-10(8(2)18-9)20(12,16)17/h6-7H,4-5H2,1-3H3,(H,13,14)(H2,12,16,17). The zero-order valence-corrected chi connectivity index (χ0v) is 13.1. The molecule has 0 bridgehead atoms. The molecule has 1 heterocycles. The molecular weight excluding hydrogens is 304 g/mol. The number of furan rings is 1. The number of carbonyl (C=O) groups excluding carboxylic acids is 1. The van der Waals surface area contributed by atoms with Crippen molar-refractivity contribution in [3.63, 3.8) is 0 Å². The van der Waals surface area contributed by atoms with Gasteiger partial charge in [0.25, 0.3) is 5.91 Å². The Morgan fingerprint density at radius 1 is 1.55 bits per heavy atom. The molecular formula is C11H18N2O5S2. The van der Waals surface area contributed by atoms with Gasteiger partial charge in [-0.25, -0.2) is 13.6 Å². The molecule has 9 heteroatoms. The third-order valence-corrected chi connectivity index (χ3v) is 4.45. The van der Waals surface area contributed by atoms with Crippen molar-refractivity contribution in [3.8, 4) is 0 Å². The highest BCUT2D eigenvalue weighted by molar-refractivity contribution is 7.89. The van der Waals surface area contributed by atoms with Gasteiger partial charge in [-0.15, -0.1) is 0 Å². The lowest BCUT2D eigenvalue weighted by Crippen LogP contribution is -2.33. The highest BCUT2D eigenvalue weighted by Gasteiger charge is 2.21. The monoisotopic (exact) mass is 322 g/mol. The molecule has 0 saturated heterocycles. The van der Waals surface area contributed by atoms with Crippen LogP contribution in [0.25, 0.3) is 0 Å². The molecule has 2 unspecified atom stereocenters. The highest BCUT2D eigenvalue weighted by Crippen LogP contribution is 2.18. The highest BCUT2D eigenvalue weighted by atomic mass is 32.2. The number of nitrogens with one attached hydrogen (secondary N) is 1. The Morgan fingerprint density at radius 3 is 2.60 bits per heavy atom. The van der Waals surface area contributed by atoms with Crippen LogP contribution in [0.3, 0.4) is 0 Å². The molecule has 0 aliphatic heterocycles. The van der Waals surface area contributed by atoms with Crippen LogP contribution in [-0.4, -0.2) is 36.6 Å². The lowest BCUT2D eigenvalue weighted by Gasteiger charge is -2.11. The second-order valence-corrected chi connectivity index (χ2v) is 7.60. The number of rotatable bonds is 6. The number of amides is 1. The van der Waals surface area contributed by atoms with E-state index in [-0.39, 0.29) is 22.5 Å². The first-order chi connectivity index (χ1) is 9.11. The summed E-state index contributed by atoms with van der Waals surface area (Å²) in [4.78, 5) is 11.7. The summed E-state index contributed by atoms with van der Waals surface area (Å²) in [6.07, 6.45) is 2.14. The minimum Gasteiger partial charge on any atom is -0.455 e. The summed E-state index contributed by atoms with van der Waals surface area (Å²) >= 11 is 0. The molecule has 0 radical (unpaired) electrons. The summed E-state index contributed by atoms with van der Waals surface area (Å²) in [5, 5.41) is 7.64. The number of carbonyl (C=O) groups is 1. The van der Waals surface area contributed by atoms with Crippen LogP contribution in [0.5, 0.6) is 0 Å². The summed E-state index contributed by atoms with van der Waals surface area (Å²) in [5.41, 5.74) is 0. The average molecular weight is 322 g/mol. The molecule has 0 saturated carbocycles. The van der Waals surface area contributed by atoms with Gasteiger partial charge in [-0.1, -0.05) is 0 Å². The van der Waals surface area contributed by atoms with Gasteiger partial charge in [-0.05, 0) is 20.3 Å². The lowest BCUT2D eigenvalue weighted by atomic mass is 10.2. The van der Waals surface area contributed by atoms with Crippen LogP contribution in [0.2, 0.25) is 0 Å². The molecule has 20 heavy (non-hydrogen) atoms. The van der Waals surface area contributed by atoms with Gasteiger partial charge < -0.3 is 9.73 Å². The number of nitrogens with two attached hydrogens (primary N) is 1. The second kappa shape index (κ2) is 6.51. The number of primary sulfonamides is 1. The smallest absolute Gasteiger partial charge is 0.287 e. The summed E-state index contributed by atoms with van der Waals surface area (Å²) in [7, 11) is -4.84. The van der Waals surface area contributed by atoms with E-state index in [0.717, 1.165) is 6.07 Å². The van der Waals surface area contributed by atoms with E-state index in [4.69, 9.17) is 9.56 Å². The molecule has 0 aromatic carbocycles. The minimum absolute atomic E-state index is 0.0694. The molecule has 0 fully saturated rings. The van der Waals surface area contributed by atoms with Crippen LogP contribution in [0.4, 0.5) is 0 Å². The maximum atomic E-state index is 11.9. The van der Waals surface area contributed by atoms with Gasteiger partial charge in [0.05, 0.1) is 0 Å². The van der Waals surface area contributed by atoms with Crippen molar-refractivity contribution in [1.29, 1.82) is 0 Å². The number of hydrogen-bond acceptors (Lipinski definition) is 5. The molecule has 0 aliphatic carbocycles. The van der Waals surface area contributed by atoms with Crippen molar-refractivity contribution in [2.45, 2.75) is 31.2 Å². The third kappa shape index (κ3) is 4.73.